The van der Waals surface area contributed by atoms with Gasteiger partial charge in [-0.05, 0) is 66.7 Å². The minimum Gasteiger partial charge on any atom is -0.461 e. The number of carbonyl (C=O) groups is 1. The highest BCUT2D eigenvalue weighted by Gasteiger charge is 2.28. The fourth-order valence-corrected chi connectivity index (χ4v) is 5.01. The van der Waals surface area contributed by atoms with Crippen molar-refractivity contribution in [3.8, 4) is 0 Å². The third kappa shape index (κ3) is 10.2. The van der Waals surface area contributed by atoms with Gasteiger partial charge in [0.05, 0.1) is 5.92 Å². The second kappa shape index (κ2) is 17.6. The van der Waals surface area contributed by atoms with Crippen LogP contribution in [0.25, 0.3) is 0 Å². The average Bonchev–Trinajstić information content (AvgIpc) is 2.82. The van der Waals surface area contributed by atoms with Gasteiger partial charge in [0.15, 0.2) is 0 Å². The summed E-state index contributed by atoms with van der Waals surface area (Å²) in [7, 11) is 0. The number of aryl methyl sites for hydroxylation is 1. The minimum atomic E-state index is -0.202. The lowest BCUT2D eigenvalue weighted by Crippen LogP contribution is -2.20. The number of hydrogen-bond acceptors (Lipinski definition) is 2. The smallest absolute Gasteiger partial charge is 0.313 e. The zero-order valence-corrected chi connectivity index (χ0v) is 23.1. The topological polar surface area (TPSA) is 26.3 Å². The van der Waals surface area contributed by atoms with E-state index in [9.17, 15) is 4.79 Å². The molecule has 0 spiro atoms. The summed E-state index contributed by atoms with van der Waals surface area (Å²) in [5.74, 6) is 0.774. The van der Waals surface area contributed by atoms with Crippen molar-refractivity contribution in [3.63, 3.8) is 0 Å². The maximum atomic E-state index is 13.3. The van der Waals surface area contributed by atoms with E-state index in [2.05, 4.69) is 72.4 Å². The molecule has 0 radical (unpaired) electrons. The van der Waals surface area contributed by atoms with E-state index in [1.54, 1.807) is 6.08 Å². The molecule has 0 amide bonds. The average molecular weight is 469 g/mol. The molecule has 0 saturated carbocycles. The van der Waals surface area contributed by atoms with Gasteiger partial charge in [-0.25, -0.2) is 0 Å². The molecule has 0 aromatic heterocycles. The molecule has 0 N–H and O–H groups in total. The van der Waals surface area contributed by atoms with Gasteiger partial charge in [0.1, 0.15) is 6.61 Å². The van der Waals surface area contributed by atoms with E-state index in [1.165, 1.54) is 67.2 Å². The monoisotopic (exact) mass is 468 g/mol. The SMILES string of the molecule is C=CCOC(=O)C(CCCCCC)c1c(C)ccc(C(C)CCCC)c1C/C=C/C(C)CCC. The van der Waals surface area contributed by atoms with Crippen LogP contribution in [0.15, 0.2) is 36.9 Å². The Balaban J connectivity index is 3.46. The van der Waals surface area contributed by atoms with Crippen LogP contribution < -0.4 is 0 Å². The van der Waals surface area contributed by atoms with E-state index in [1.807, 2.05) is 0 Å². The summed E-state index contributed by atoms with van der Waals surface area (Å²) < 4.78 is 5.64. The molecule has 192 valence electrons. The van der Waals surface area contributed by atoms with Crippen molar-refractivity contribution in [2.24, 2.45) is 5.92 Å². The molecule has 2 heteroatoms. The quantitative estimate of drug-likeness (QED) is 0.122. The van der Waals surface area contributed by atoms with E-state index < -0.39 is 0 Å². The molecule has 1 aromatic carbocycles. The highest BCUT2D eigenvalue weighted by molar-refractivity contribution is 5.79. The molecular formula is C32H52O2. The van der Waals surface area contributed by atoms with Gasteiger partial charge in [-0.1, -0.05) is 117 Å². The molecular weight excluding hydrogens is 416 g/mol. The summed E-state index contributed by atoms with van der Waals surface area (Å²) >= 11 is 0. The second-order valence-corrected chi connectivity index (χ2v) is 10.1. The van der Waals surface area contributed by atoms with Crippen LogP contribution in [0.2, 0.25) is 0 Å². The Bertz CT molecular complexity index is 746. The van der Waals surface area contributed by atoms with E-state index >= 15 is 0 Å². The number of allylic oxidation sites excluding steroid dienone is 2. The third-order valence-corrected chi connectivity index (χ3v) is 6.99. The number of rotatable bonds is 18. The fraction of sp³-hybridized carbons (Fsp3) is 0.656. The van der Waals surface area contributed by atoms with E-state index in [0.717, 1.165) is 25.7 Å². The molecule has 1 rings (SSSR count). The first kappa shape index (κ1) is 30.2. The molecule has 0 saturated heterocycles. The predicted octanol–water partition coefficient (Wildman–Crippen LogP) is 9.61. The molecule has 3 atom stereocenters. The van der Waals surface area contributed by atoms with Crippen LogP contribution in [0.1, 0.15) is 133 Å². The number of hydrogen-bond donors (Lipinski definition) is 0. The van der Waals surface area contributed by atoms with Gasteiger partial charge in [-0.2, -0.15) is 0 Å². The summed E-state index contributed by atoms with van der Waals surface area (Å²) in [5.41, 5.74) is 5.21. The Kier molecular flexibility index (Phi) is 15.6. The summed E-state index contributed by atoms with van der Waals surface area (Å²) in [6.07, 6.45) is 18.8. The van der Waals surface area contributed by atoms with Crippen molar-refractivity contribution < 1.29 is 9.53 Å². The van der Waals surface area contributed by atoms with Crippen LogP contribution in [-0.4, -0.2) is 12.6 Å². The lowest BCUT2D eigenvalue weighted by molar-refractivity contribution is -0.144. The molecule has 34 heavy (non-hydrogen) atoms. The van der Waals surface area contributed by atoms with Gasteiger partial charge in [0.25, 0.3) is 0 Å². The summed E-state index contributed by atoms with van der Waals surface area (Å²) in [4.78, 5) is 13.3. The van der Waals surface area contributed by atoms with Crippen molar-refractivity contribution in [1.29, 1.82) is 0 Å². The number of esters is 1. The van der Waals surface area contributed by atoms with Crippen LogP contribution in [0.3, 0.4) is 0 Å². The minimum absolute atomic E-state index is 0.0950. The molecule has 0 aliphatic rings. The number of carbonyl (C=O) groups excluding carboxylic acids is 1. The molecule has 2 nitrogen and oxygen atoms in total. The molecule has 0 heterocycles. The summed E-state index contributed by atoms with van der Waals surface area (Å²) in [5, 5.41) is 0. The van der Waals surface area contributed by atoms with Gasteiger partial charge >= 0.3 is 5.97 Å². The molecule has 0 aliphatic heterocycles. The molecule has 0 bridgehead atoms. The molecule has 0 fully saturated rings. The van der Waals surface area contributed by atoms with Gasteiger partial charge in [-0.3, -0.25) is 4.79 Å². The zero-order valence-electron chi connectivity index (χ0n) is 23.1. The van der Waals surface area contributed by atoms with E-state index in [4.69, 9.17) is 4.74 Å². The fourth-order valence-electron chi connectivity index (χ4n) is 5.01. The van der Waals surface area contributed by atoms with Crippen LogP contribution in [0.5, 0.6) is 0 Å². The standard InChI is InChI=1S/C32H52O2/c1-8-12-14-15-20-30(32(33)34-24-11-4)31-27(7)22-23-28(26(6)19-13-9-2)29(31)21-16-18-25(5)17-10-3/h11,16,18,22-23,25-26,30H,4,8-10,12-15,17,19-21,24H2,1-3,5-7H3/b18-16+. The summed E-state index contributed by atoms with van der Waals surface area (Å²) in [6, 6.07) is 4.56. The first-order chi connectivity index (χ1) is 16.4. The van der Waals surface area contributed by atoms with Crippen molar-refractivity contribution in [1.82, 2.24) is 0 Å². The second-order valence-electron chi connectivity index (χ2n) is 10.1. The normalized spacial score (nSPS) is 14.2. The zero-order chi connectivity index (χ0) is 25.3. The lowest BCUT2D eigenvalue weighted by atomic mass is 9.79. The van der Waals surface area contributed by atoms with Crippen LogP contribution in [-0.2, 0) is 16.0 Å². The maximum Gasteiger partial charge on any atom is 0.313 e. The molecule has 1 aromatic rings. The first-order valence-corrected chi connectivity index (χ1v) is 14.0. The molecule has 3 unspecified atom stereocenters. The van der Waals surface area contributed by atoms with Crippen LogP contribution in [0, 0.1) is 12.8 Å². The predicted molar refractivity (Wildman–Crippen MR) is 149 cm³/mol. The lowest BCUT2D eigenvalue weighted by Gasteiger charge is -2.26. The van der Waals surface area contributed by atoms with Crippen molar-refractivity contribution in [2.45, 2.75) is 124 Å². The van der Waals surface area contributed by atoms with Gasteiger partial charge in [0.2, 0.25) is 0 Å². The van der Waals surface area contributed by atoms with E-state index in [-0.39, 0.29) is 18.5 Å². The Morgan fingerprint density at radius 3 is 2.35 bits per heavy atom. The van der Waals surface area contributed by atoms with Gasteiger partial charge < -0.3 is 4.74 Å². The number of benzene rings is 1. The number of ether oxygens (including phenoxy) is 1. The van der Waals surface area contributed by atoms with Gasteiger partial charge in [0, 0.05) is 0 Å². The van der Waals surface area contributed by atoms with Crippen molar-refractivity contribution in [2.75, 3.05) is 6.61 Å². The Morgan fingerprint density at radius 1 is 0.971 bits per heavy atom. The molecule has 0 aliphatic carbocycles. The first-order valence-electron chi connectivity index (χ1n) is 14.0. The van der Waals surface area contributed by atoms with E-state index in [0.29, 0.717) is 11.8 Å². The highest BCUT2D eigenvalue weighted by atomic mass is 16.5. The largest absolute Gasteiger partial charge is 0.461 e. The van der Waals surface area contributed by atoms with Crippen molar-refractivity contribution >= 4 is 5.97 Å². The highest BCUT2D eigenvalue weighted by Crippen LogP contribution is 2.36. The maximum absolute atomic E-state index is 13.3. The van der Waals surface area contributed by atoms with Crippen LogP contribution in [0.4, 0.5) is 0 Å². The van der Waals surface area contributed by atoms with Gasteiger partial charge in [-0.15, -0.1) is 0 Å². The van der Waals surface area contributed by atoms with Crippen LogP contribution >= 0.6 is 0 Å². The Labute approximate surface area is 211 Å². The Hall–Kier alpha value is -1.83. The number of unbranched alkanes of at least 4 members (excludes halogenated alkanes) is 4. The Morgan fingerprint density at radius 2 is 1.71 bits per heavy atom. The van der Waals surface area contributed by atoms with Crippen molar-refractivity contribution in [3.05, 3.63) is 59.2 Å². The summed E-state index contributed by atoms with van der Waals surface area (Å²) in [6.45, 7) is 17.6. The third-order valence-electron chi connectivity index (χ3n) is 6.99.